The van der Waals surface area contributed by atoms with E-state index in [0.29, 0.717) is 17.1 Å². The van der Waals surface area contributed by atoms with Crippen LogP contribution in [0, 0.1) is 0 Å². The Hall–Kier alpha value is -1.03. The Bertz CT molecular complexity index is 480. The normalized spacial score (nSPS) is 21.0. The van der Waals surface area contributed by atoms with Gasteiger partial charge in [0.1, 0.15) is 0 Å². The lowest BCUT2D eigenvalue weighted by Gasteiger charge is -2.44. The Labute approximate surface area is 137 Å². The number of carbonyl (C=O) groups is 1. The Morgan fingerprint density at radius 2 is 2.14 bits per heavy atom. The third kappa shape index (κ3) is 4.03. The molecule has 3 nitrogen and oxygen atoms in total. The summed E-state index contributed by atoms with van der Waals surface area (Å²) in [5.41, 5.74) is 1.09. The molecule has 0 radical (unpaired) electrons. The fraction of sp³-hybridized carbons (Fsp3) is 0.667. The molecule has 1 aromatic rings. The summed E-state index contributed by atoms with van der Waals surface area (Å²) in [5, 5.41) is 0. The molecule has 2 aliphatic rings. The highest BCUT2D eigenvalue weighted by molar-refractivity contribution is 8.00. The van der Waals surface area contributed by atoms with Crippen LogP contribution in [-0.4, -0.2) is 39.4 Å². The Kier molecular flexibility index (Phi) is 5.40. The number of thioether (sulfide) groups is 1. The van der Waals surface area contributed by atoms with E-state index in [4.69, 9.17) is 0 Å². The lowest BCUT2D eigenvalue weighted by atomic mass is 9.87. The van der Waals surface area contributed by atoms with Crippen molar-refractivity contribution in [3.63, 3.8) is 0 Å². The van der Waals surface area contributed by atoms with Gasteiger partial charge < -0.3 is 4.90 Å². The maximum atomic E-state index is 12.5. The van der Waals surface area contributed by atoms with Crippen molar-refractivity contribution in [1.29, 1.82) is 0 Å². The van der Waals surface area contributed by atoms with E-state index in [9.17, 15) is 4.79 Å². The van der Waals surface area contributed by atoms with E-state index in [2.05, 4.69) is 21.6 Å². The summed E-state index contributed by atoms with van der Waals surface area (Å²) < 4.78 is 0.382. The summed E-state index contributed by atoms with van der Waals surface area (Å²) in [6.45, 7) is 1.93. The van der Waals surface area contributed by atoms with Gasteiger partial charge >= 0.3 is 0 Å². The quantitative estimate of drug-likeness (QED) is 0.849. The average Bonchev–Trinajstić information content (AvgIpc) is 2.56. The predicted molar refractivity (Wildman–Crippen MR) is 92.0 cm³/mol. The number of carbonyl (C=O) groups excluding carboxylic acids is 1. The van der Waals surface area contributed by atoms with Gasteiger partial charge in [0.05, 0.1) is 0 Å². The third-order valence-corrected chi connectivity index (χ3v) is 6.45. The fourth-order valence-corrected chi connectivity index (χ4v) is 5.25. The van der Waals surface area contributed by atoms with Gasteiger partial charge in [0, 0.05) is 41.9 Å². The van der Waals surface area contributed by atoms with Gasteiger partial charge in [-0.05, 0) is 37.8 Å². The first-order chi connectivity index (χ1) is 10.8. The molecule has 1 aliphatic heterocycles. The van der Waals surface area contributed by atoms with Crippen molar-refractivity contribution in [2.45, 2.75) is 56.1 Å². The molecule has 1 aliphatic carbocycles. The molecule has 1 saturated carbocycles. The van der Waals surface area contributed by atoms with E-state index >= 15 is 0 Å². The van der Waals surface area contributed by atoms with Gasteiger partial charge in [-0.25, -0.2) is 0 Å². The predicted octanol–water partition coefficient (Wildman–Crippen LogP) is 3.68. The van der Waals surface area contributed by atoms with Crippen LogP contribution in [0.4, 0.5) is 0 Å². The van der Waals surface area contributed by atoms with Crippen molar-refractivity contribution in [3.05, 3.63) is 30.1 Å². The smallest absolute Gasteiger partial charge is 0.222 e. The maximum Gasteiger partial charge on any atom is 0.222 e. The number of nitrogens with zero attached hydrogens (tertiary/aromatic N) is 2. The standard InChI is InChI=1S/C18H26N2OS/c21-17(9-6-8-16-7-2-5-12-19-16)20-13-14-22-18(15-20)10-3-1-4-11-18/h2,5,7,12H,1,3-4,6,8-11,13-15H2. The van der Waals surface area contributed by atoms with Crippen molar-refractivity contribution in [1.82, 2.24) is 9.88 Å². The van der Waals surface area contributed by atoms with Crippen molar-refractivity contribution in [2.75, 3.05) is 18.8 Å². The number of hydrogen-bond donors (Lipinski definition) is 0. The Balaban J connectivity index is 1.47. The van der Waals surface area contributed by atoms with Crippen LogP contribution < -0.4 is 0 Å². The van der Waals surface area contributed by atoms with Crippen molar-refractivity contribution in [2.24, 2.45) is 0 Å². The van der Waals surface area contributed by atoms with Crippen LogP contribution in [0.15, 0.2) is 24.4 Å². The number of aromatic nitrogens is 1. The van der Waals surface area contributed by atoms with Gasteiger partial charge in [-0.15, -0.1) is 0 Å². The second-order valence-corrected chi connectivity index (χ2v) is 8.15. The maximum absolute atomic E-state index is 12.5. The molecule has 22 heavy (non-hydrogen) atoms. The molecule has 2 fully saturated rings. The summed E-state index contributed by atoms with van der Waals surface area (Å²) in [6, 6.07) is 5.99. The topological polar surface area (TPSA) is 33.2 Å². The highest BCUT2D eigenvalue weighted by Crippen LogP contribution is 2.42. The molecule has 120 valence electrons. The van der Waals surface area contributed by atoms with Gasteiger partial charge in [-0.3, -0.25) is 9.78 Å². The van der Waals surface area contributed by atoms with Crippen LogP contribution in [0.1, 0.15) is 50.6 Å². The summed E-state index contributed by atoms with van der Waals surface area (Å²) in [7, 11) is 0. The van der Waals surface area contributed by atoms with E-state index in [0.717, 1.165) is 37.4 Å². The largest absolute Gasteiger partial charge is 0.340 e. The highest BCUT2D eigenvalue weighted by Gasteiger charge is 2.38. The molecule has 0 aromatic carbocycles. The lowest BCUT2D eigenvalue weighted by molar-refractivity contribution is -0.131. The minimum Gasteiger partial charge on any atom is -0.340 e. The van der Waals surface area contributed by atoms with Gasteiger partial charge in [-0.1, -0.05) is 25.3 Å². The SMILES string of the molecule is O=C(CCCc1ccccn1)N1CCSC2(CCCCC2)C1. The van der Waals surface area contributed by atoms with Gasteiger partial charge in [0.15, 0.2) is 0 Å². The molecule has 1 amide bonds. The molecule has 0 atom stereocenters. The molecule has 0 bridgehead atoms. The Morgan fingerprint density at radius 3 is 2.91 bits per heavy atom. The van der Waals surface area contributed by atoms with Crippen LogP contribution in [0.3, 0.4) is 0 Å². The number of aryl methyl sites for hydroxylation is 1. The molecule has 1 saturated heterocycles. The summed E-state index contributed by atoms with van der Waals surface area (Å²) in [6.07, 6.45) is 11.0. The molecule has 1 spiro atoms. The zero-order valence-electron chi connectivity index (χ0n) is 13.3. The second kappa shape index (κ2) is 7.49. The lowest BCUT2D eigenvalue weighted by Crippen LogP contribution is -2.49. The first kappa shape index (κ1) is 15.9. The number of amides is 1. The monoisotopic (exact) mass is 318 g/mol. The highest BCUT2D eigenvalue weighted by atomic mass is 32.2. The second-order valence-electron chi connectivity index (χ2n) is 6.58. The molecular formula is C18H26N2OS. The molecular weight excluding hydrogens is 292 g/mol. The van der Waals surface area contributed by atoms with Gasteiger partial charge in [0.2, 0.25) is 5.91 Å². The minimum absolute atomic E-state index is 0.348. The van der Waals surface area contributed by atoms with Crippen molar-refractivity contribution < 1.29 is 4.79 Å². The minimum atomic E-state index is 0.348. The van der Waals surface area contributed by atoms with Crippen molar-refractivity contribution in [3.8, 4) is 0 Å². The van der Waals surface area contributed by atoms with Crippen LogP contribution in [-0.2, 0) is 11.2 Å². The zero-order chi connectivity index (χ0) is 15.3. The van der Waals surface area contributed by atoms with Crippen LogP contribution in [0.2, 0.25) is 0 Å². The van der Waals surface area contributed by atoms with E-state index in [1.165, 1.54) is 32.1 Å². The van der Waals surface area contributed by atoms with Crippen LogP contribution in [0.25, 0.3) is 0 Å². The summed E-state index contributed by atoms with van der Waals surface area (Å²) in [5.74, 6) is 1.47. The first-order valence-electron chi connectivity index (χ1n) is 8.59. The van der Waals surface area contributed by atoms with Crippen LogP contribution >= 0.6 is 11.8 Å². The average molecular weight is 318 g/mol. The number of rotatable bonds is 4. The van der Waals surface area contributed by atoms with E-state index in [1.54, 1.807) is 0 Å². The van der Waals surface area contributed by atoms with E-state index in [-0.39, 0.29) is 0 Å². The number of hydrogen-bond acceptors (Lipinski definition) is 3. The van der Waals surface area contributed by atoms with Crippen molar-refractivity contribution >= 4 is 17.7 Å². The molecule has 0 unspecified atom stereocenters. The Morgan fingerprint density at radius 1 is 1.27 bits per heavy atom. The third-order valence-electron chi connectivity index (χ3n) is 4.92. The van der Waals surface area contributed by atoms with Gasteiger partial charge in [-0.2, -0.15) is 11.8 Å². The molecule has 2 heterocycles. The zero-order valence-corrected chi connectivity index (χ0v) is 14.1. The summed E-state index contributed by atoms with van der Waals surface area (Å²) in [4.78, 5) is 19.0. The molecule has 0 N–H and O–H groups in total. The molecule has 1 aromatic heterocycles. The first-order valence-corrected chi connectivity index (χ1v) is 9.58. The van der Waals surface area contributed by atoms with Gasteiger partial charge in [0.25, 0.3) is 0 Å². The number of pyridine rings is 1. The fourth-order valence-electron chi connectivity index (χ4n) is 3.68. The molecule has 3 rings (SSSR count). The van der Waals surface area contributed by atoms with E-state index in [1.807, 2.05) is 24.4 Å². The summed E-state index contributed by atoms with van der Waals surface area (Å²) >= 11 is 2.12. The van der Waals surface area contributed by atoms with E-state index < -0.39 is 0 Å². The molecule has 4 heteroatoms. The van der Waals surface area contributed by atoms with Crippen LogP contribution in [0.5, 0.6) is 0 Å².